The van der Waals surface area contributed by atoms with Gasteiger partial charge in [-0.1, -0.05) is 56.3 Å². The monoisotopic (exact) mass is 388 g/mol. The highest BCUT2D eigenvalue weighted by molar-refractivity contribution is 6.25. The van der Waals surface area contributed by atoms with Crippen LogP contribution in [-0.4, -0.2) is 17.7 Å². The molecule has 29 heavy (non-hydrogen) atoms. The van der Waals surface area contributed by atoms with E-state index in [0.29, 0.717) is 17.7 Å². The summed E-state index contributed by atoms with van der Waals surface area (Å²) < 4.78 is 0. The molecule has 0 spiro atoms. The maximum absolute atomic E-state index is 13.1. The zero-order valence-corrected chi connectivity index (χ0v) is 16.6. The molecule has 0 radical (unpaired) electrons. The number of allylic oxidation sites excluding steroid dienone is 2. The number of nitrogens with zero attached hydrogens (tertiary/aromatic N) is 1. The minimum atomic E-state index is -0.357. The number of rotatable bonds is 4. The van der Waals surface area contributed by atoms with Gasteiger partial charge in [0.2, 0.25) is 11.8 Å². The molecule has 3 amide bonds. The Morgan fingerprint density at radius 1 is 1.07 bits per heavy atom. The number of hydrogen-bond donors (Lipinski definition) is 1. The maximum atomic E-state index is 13.1. The third-order valence-corrected chi connectivity index (χ3v) is 5.91. The van der Waals surface area contributed by atoms with Crippen molar-refractivity contribution in [1.29, 1.82) is 0 Å². The van der Waals surface area contributed by atoms with Gasteiger partial charge >= 0.3 is 0 Å². The number of benzene rings is 2. The molecule has 4 rings (SSSR count). The summed E-state index contributed by atoms with van der Waals surface area (Å²) in [5.41, 5.74) is 2.44. The Morgan fingerprint density at radius 2 is 1.79 bits per heavy atom. The molecule has 1 aliphatic heterocycles. The second-order valence-corrected chi connectivity index (χ2v) is 7.65. The van der Waals surface area contributed by atoms with E-state index in [1.165, 1.54) is 4.90 Å². The molecule has 0 saturated carbocycles. The number of fused-ring (bicyclic) bond motifs is 1. The van der Waals surface area contributed by atoms with E-state index >= 15 is 0 Å². The molecular formula is C24H24N2O3. The van der Waals surface area contributed by atoms with E-state index in [1.54, 1.807) is 24.3 Å². The summed E-state index contributed by atoms with van der Waals surface area (Å²) in [6, 6.07) is 14.4. The van der Waals surface area contributed by atoms with Gasteiger partial charge in [0.15, 0.2) is 0 Å². The Hall–Kier alpha value is -3.21. The lowest BCUT2D eigenvalue weighted by Gasteiger charge is -2.22. The SMILES string of the molecule is CCc1ccccc1NC(=O)c1ccccc1N1C(=O)[C@H]2[C@@H](C)C=CC[C@H]2C1=O. The van der Waals surface area contributed by atoms with Crippen molar-refractivity contribution in [3.63, 3.8) is 0 Å². The average molecular weight is 388 g/mol. The summed E-state index contributed by atoms with van der Waals surface area (Å²) in [5, 5.41) is 2.94. The Balaban J connectivity index is 1.68. The fourth-order valence-electron chi connectivity index (χ4n) is 4.39. The highest BCUT2D eigenvalue weighted by Gasteiger charge is 2.51. The van der Waals surface area contributed by atoms with Gasteiger partial charge in [-0.3, -0.25) is 14.4 Å². The van der Waals surface area contributed by atoms with Crippen LogP contribution in [0.2, 0.25) is 0 Å². The Labute approximate surface area is 170 Å². The van der Waals surface area contributed by atoms with E-state index in [2.05, 4.69) is 5.32 Å². The van der Waals surface area contributed by atoms with Crippen molar-refractivity contribution in [2.45, 2.75) is 26.7 Å². The van der Waals surface area contributed by atoms with Gasteiger partial charge < -0.3 is 5.32 Å². The van der Waals surface area contributed by atoms with Crippen molar-refractivity contribution in [2.75, 3.05) is 10.2 Å². The van der Waals surface area contributed by atoms with Crippen LogP contribution in [0.4, 0.5) is 11.4 Å². The topological polar surface area (TPSA) is 66.5 Å². The van der Waals surface area contributed by atoms with Crippen LogP contribution in [0.25, 0.3) is 0 Å². The van der Waals surface area contributed by atoms with Crippen molar-refractivity contribution in [2.24, 2.45) is 17.8 Å². The molecule has 0 bridgehead atoms. The van der Waals surface area contributed by atoms with Gasteiger partial charge in [-0.25, -0.2) is 4.90 Å². The minimum Gasteiger partial charge on any atom is -0.322 e. The van der Waals surface area contributed by atoms with Crippen molar-refractivity contribution >= 4 is 29.1 Å². The number of anilines is 2. The molecule has 1 fully saturated rings. The first-order chi connectivity index (χ1) is 14.0. The lowest BCUT2D eigenvalue weighted by atomic mass is 9.78. The molecule has 148 valence electrons. The second kappa shape index (κ2) is 7.66. The first-order valence-corrected chi connectivity index (χ1v) is 10.1. The zero-order valence-electron chi connectivity index (χ0n) is 16.6. The van der Waals surface area contributed by atoms with Crippen LogP contribution < -0.4 is 10.2 Å². The Morgan fingerprint density at radius 3 is 2.55 bits per heavy atom. The van der Waals surface area contributed by atoms with Crippen molar-refractivity contribution in [3.05, 3.63) is 71.8 Å². The van der Waals surface area contributed by atoms with Crippen LogP contribution in [0.15, 0.2) is 60.7 Å². The predicted octanol–water partition coefficient (Wildman–Crippen LogP) is 4.20. The van der Waals surface area contributed by atoms with Gasteiger partial charge in [0, 0.05) is 5.69 Å². The van der Waals surface area contributed by atoms with Crippen LogP contribution in [-0.2, 0) is 16.0 Å². The quantitative estimate of drug-likeness (QED) is 0.630. The molecule has 2 aromatic rings. The number of aryl methyl sites for hydroxylation is 1. The van der Waals surface area contributed by atoms with Gasteiger partial charge in [0.1, 0.15) is 0 Å². The highest BCUT2D eigenvalue weighted by Crippen LogP contribution is 2.41. The molecule has 1 aliphatic carbocycles. The van der Waals surface area contributed by atoms with Crippen molar-refractivity contribution in [3.8, 4) is 0 Å². The largest absolute Gasteiger partial charge is 0.322 e. The molecule has 0 aromatic heterocycles. The van der Waals surface area contributed by atoms with Crippen LogP contribution in [0, 0.1) is 17.8 Å². The summed E-state index contributed by atoms with van der Waals surface area (Å²) >= 11 is 0. The Kier molecular flexibility index (Phi) is 5.05. The fraction of sp³-hybridized carbons (Fsp3) is 0.292. The lowest BCUT2D eigenvalue weighted by molar-refractivity contribution is -0.122. The minimum absolute atomic E-state index is 0.00706. The number of carbonyl (C=O) groups is 3. The van der Waals surface area contributed by atoms with Gasteiger partial charge in [0.25, 0.3) is 5.91 Å². The number of nitrogens with one attached hydrogen (secondary N) is 1. The summed E-state index contributed by atoms with van der Waals surface area (Å²) in [6.07, 6.45) is 5.32. The van der Waals surface area contributed by atoms with Gasteiger partial charge in [-0.15, -0.1) is 0 Å². The number of para-hydroxylation sites is 2. The molecule has 1 saturated heterocycles. The molecule has 3 atom stereocenters. The third kappa shape index (κ3) is 3.27. The Bertz CT molecular complexity index is 1010. The first kappa shape index (κ1) is 19.1. The highest BCUT2D eigenvalue weighted by atomic mass is 16.2. The summed E-state index contributed by atoms with van der Waals surface area (Å²) in [6.45, 7) is 3.99. The van der Waals surface area contributed by atoms with Crippen LogP contribution in [0.3, 0.4) is 0 Å². The third-order valence-electron chi connectivity index (χ3n) is 5.91. The predicted molar refractivity (Wildman–Crippen MR) is 113 cm³/mol. The molecule has 1 N–H and O–H groups in total. The van der Waals surface area contributed by atoms with Crippen LogP contribution in [0.5, 0.6) is 0 Å². The normalized spacial score (nSPS) is 23.2. The van der Waals surface area contributed by atoms with Gasteiger partial charge in [0.05, 0.1) is 23.1 Å². The van der Waals surface area contributed by atoms with E-state index in [-0.39, 0.29) is 35.5 Å². The molecule has 5 heteroatoms. The molecule has 2 aromatic carbocycles. The second-order valence-electron chi connectivity index (χ2n) is 7.65. The molecule has 1 heterocycles. The molecule has 0 unspecified atom stereocenters. The number of carbonyl (C=O) groups excluding carboxylic acids is 3. The number of imide groups is 1. The standard InChI is InChI=1S/C24H24N2O3/c1-3-16-10-4-6-13-19(16)25-22(27)17-11-5-7-14-20(17)26-23(28)18-12-8-9-15(2)21(18)24(26)29/h4-11,13-15,18,21H,3,12H2,1-2H3,(H,25,27)/t15-,18+,21-/m0/s1. The number of amides is 3. The van der Waals surface area contributed by atoms with E-state index < -0.39 is 0 Å². The summed E-state index contributed by atoms with van der Waals surface area (Å²) in [7, 11) is 0. The summed E-state index contributed by atoms with van der Waals surface area (Å²) in [5.74, 6) is -1.46. The van der Waals surface area contributed by atoms with E-state index in [1.807, 2.05) is 50.3 Å². The number of hydrogen-bond acceptors (Lipinski definition) is 3. The molecule has 2 aliphatic rings. The van der Waals surface area contributed by atoms with Crippen molar-refractivity contribution in [1.82, 2.24) is 0 Å². The van der Waals surface area contributed by atoms with Gasteiger partial charge in [-0.05, 0) is 42.5 Å². The molecular weight excluding hydrogens is 364 g/mol. The van der Waals surface area contributed by atoms with Crippen molar-refractivity contribution < 1.29 is 14.4 Å². The fourth-order valence-corrected chi connectivity index (χ4v) is 4.39. The van der Waals surface area contributed by atoms with Crippen LogP contribution >= 0.6 is 0 Å². The van der Waals surface area contributed by atoms with Gasteiger partial charge in [-0.2, -0.15) is 0 Å². The smallest absolute Gasteiger partial charge is 0.257 e. The summed E-state index contributed by atoms with van der Waals surface area (Å²) in [4.78, 5) is 40.5. The lowest BCUT2D eigenvalue weighted by Crippen LogP contribution is -2.33. The van der Waals surface area contributed by atoms with E-state index in [9.17, 15) is 14.4 Å². The average Bonchev–Trinajstić information content (AvgIpc) is 2.99. The molecule has 5 nitrogen and oxygen atoms in total. The first-order valence-electron chi connectivity index (χ1n) is 10.1. The maximum Gasteiger partial charge on any atom is 0.257 e. The van der Waals surface area contributed by atoms with E-state index in [0.717, 1.165) is 17.7 Å². The zero-order chi connectivity index (χ0) is 20.5. The van der Waals surface area contributed by atoms with Crippen LogP contribution in [0.1, 0.15) is 36.2 Å². The van der Waals surface area contributed by atoms with E-state index in [4.69, 9.17) is 0 Å².